The van der Waals surface area contributed by atoms with E-state index in [4.69, 9.17) is 15.2 Å². The van der Waals surface area contributed by atoms with Crippen LogP contribution in [0.5, 0.6) is 5.75 Å². The van der Waals surface area contributed by atoms with Crippen LogP contribution in [0.15, 0.2) is 33.9 Å². The van der Waals surface area contributed by atoms with E-state index in [1.165, 1.54) is 11.8 Å². The van der Waals surface area contributed by atoms with Gasteiger partial charge in [-0.25, -0.2) is 4.79 Å². The van der Waals surface area contributed by atoms with Crippen molar-refractivity contribution in [2.75, 3.05) is 17.7 Å². The fourth-order valence-corrected chi connectivity index (χ4v) is 5.20. The van der Waals surface area contributed by atoms with Gasteiger partial charge < -0.3 is 25.1 Å². The highest BCUT2D eigenvalue weighted by Crippen LogP contribution is 2.34. The summed E-state index contributed by atoms with van der Waals surface area (Å²) in [5, 5.41) is 11.8. The molecule has 0 aliphatic rings. The van der Waals surface area contributed by atoms with Crippen LogP contribution in [0.2, 0.25) is 0 Å². The minimum atomic E-state index is -0.681. The first-order valence-electron chi connectivity index (χ1n) is 10.5. The van der Waals surface area contributed by atoms with Gasteiger partial charge in [-0.05, 0) is 50.6 Å². The second kappa shape index (κ2) is 11.7. The smallest absolute Gasteiger partial charge is 0.341 e. The first-order valence-corrected chi connectivity index (χ1v) is 13.1. The maximum Gasteiger partial charge on any atom is 0.341 e. The minimum Gasteiger partial charge on any atom is -0.483 e. The summed E-state index contributed by atoms with van der Waals surface area (Å²) in [6.07, 6.45) is -0.370. The number of hydrogen-bond donors (Lipinski definition) is 2. The summed E-state index contributed by atoms with van der Waals surface area (Å²) in [5.41, 5.74) is 5.91. The molecule has 186 valence electrons. The highest BCUT2D eigenvalue weighted by atomic mass is 79.9. The molecule has 3 aromatic rings. The molecule has 0 saturated heterocycles. The van der Waals surface area contributed by atoms with E-state index in [2.05, 4.69) is 31.4 Å². The van der Waals surface area contributed by atoms with E-state index in [0.29, 0.717) is 22.3 Å². The molecule has 1 atom stereocenters. The molecule has 35 heavy (non-hydrogen) atoms. The van der Waals surface area contributed by atoms with Gasteiger partial charge in [-0.2, -0.15) is 0 Å². The van der Waals surface area contributed by atoms with Gasteiger partial charge in [0.1, 0.15) is 10.8 Å². The molecule has 0 spiro atoms. The Labute approximate surface area is 218 Å². The van der Waals surface area contributed by atoms with Gasteiger partial charge in [-0.3, -0.25) is 9.59 Å². The van der Waals surface area contributed by atoms with Crippen LogP contribution in [0.1, 0.15) is 51.4 Å². The van der Waals surface area contributed by atoms with Gasteiger partial charge in [0.15, 0.2) is 17.1 Å². The third-order valence-electron chi connectivity index (χ3n) is 4.79. The number of nitrogens with two attached hydrogens (primary N) is 1. The molecule has 0 bridgehead atoms. The maximum atomic E-state index is 12.6. The van der Waals surface area contributed by atoms with Crippen molar-refractivity contribution in [2.24, 2.45) is 12.8 Å². The minimum absolute atomic E-state index is 0.000951. The molecule has 2 heterocycles. The van der Waals surface area contributed by atoms with Crippen molar-refractivity contribution in [1.82, 2.24) is 14.8 Å². The lowest BCUT2D eigenvalue weighted by atomic mass is 10.1. The highest BCUT2D eigenvalue weighted by molar-refractivity contribution is 9.10. The Bertz CT molecular complexity index is 1240. The van der Waals surface area contributed by atoms with E-state index in [0.717, 1.165) is 15.8 Å². The number of nitrogens with zero attached hydrogens (tertiary/aromatic N) is 3. The van der Waals surface area contributed by atoms with E-state index >= 15 is 0 Å². The number of thioether (sulfide) groups is 1. The molecule has 0 aliphatic heterocycles. The summed E-state index contributed by atoms with van der Waals surface area (Å²) < 4.78 is 13.7. The number of hydrogen-bond acceptors (Lipinski definition) is 9. The summed E-state index contributed by atoms with van der Waals surface area (Å²) in [4.78, 5) is 36.9. The summed E-state index contributed by atoms with van der Waals surface area (Å²) in [6, 6.07) is 7.45. The number of esters is 1. The van der Waals surface area contributed by atoms with E-state index in [1.807, 2.05) is 31.2 Å². The van der Waals surface area contributed by atoms with Crippen molar-refractivity contribution in [3.63, 3.8) is 0 Å². The SMILES string of the molecule is CCOC(=O)c1c(NC(=O)CSc2nnc(C(C)Oc3ccc(Br)cc3)n2C)sc(C(N)=O)c1C. The Morgan fingerprint density at radius 1 is 1.26 bits per heavy atom. The summed E-state index contributed by atoms with van der Waals surface area (Å²) in [6.45, 7) is 5.27. The van der Waals surface area contributed by atoms with Crippen LogP contribution in [0.3, 0.4) is 0 Å². The van der Waals surface area contributed by atoms with Crippen LogP contribution in [0.4, 0.5) is 5.00 Å². The van der Waals surface area contributed by atoms with Gasteiger partial charge in [0.2, 0.25) is 5.91 Å². The number of nitrogens with one attached hydrogen (secondary N) is 1. The third kappa shape index (κ3) is 6.41. The molecule has 1 unspecified atom stereocenters. The Hall–Kier alpha value is -2.90. The van der Waals surface area contributed by atoms with E-state index in [-0.39, 0.29) is 39.8 Å². The largest absolute Gasteiger partial charge is 0.483 e. The van der Waals surface area contributed by atoms with Crippen molar-refractivity contribution in [3.8, 4) is 5.75 Å². The molecule has 3 N–H and O–H groups in total. The zero-order chi connectivity index (χ0) is 25.7. The fraction of sp³-hybridized carbons (Fsp3) is 0.318. The number of ether oxygens (including phenoxy) is 2. The zero-order valence-electron chi connectivity index (χ0n) is 19.5. The number of primary amides is 1. The normalized spacial score (nSPS) is 11.7. The topological polar surface area (TPSA) is 138 Å². The second-order valence-electron chi connectivity index (χ2n) is 7.30. The lowest BCUT2D eigenvalue weighted by Crippen LogP contribution is -2.17. The first kappa shape index (κ1) is 26.7. The highest BCUT2D eigenvalue weighted by Gasteiger charge is 2.26. The fourth-order valence-electron chi connectivity index (χ4n) is 3.15. The number of carbonyl (C=O) groups excluding carboxylic acids is 3. The number of halogens is 1. The molecule has 2 amide bonds. The van der Waals surface area contributed by atoms with Crippen LogP contribution in [0.25, 0.3) is 0 Å². The zero-order valence-corrected chi connectivity index (χ0v) is 22.7. The number of rotatable bonds is 10. The average Bonchev–Trinajstić information content (AvgIpc) is 3.33. The summed E-state index contributed by atoms with van der Waals surface area (Å²) in [7, 11) is 1.79. The van der Waals surface area contributed by atoms with Crippen LogP contribution < -0.4 is 15.8 Å². The number of amides is 2. The van der Waals surface area contributed by atoms with Gasteiger partial charge >= 0.3 is 5.97 Å². The van der Waals surface area contributed by atoms with E-state index in [9.17, 15) is 14.4 Å². The number of thiophene rings is 1. The van der Waals surface area contributed by atoms with Crippen molar-refractivity contribution < 1.29 is 23.9 Å². The Balaban J connectivity index is 1.67. The molecule has 0 radical (unpaired) electrons. The van der Waals surface area contributed by atoms with Crippen LogP contribution in [-0.4, -0.2) is 44.9 Å². The molecule has 3 rings (SSSR count). The van der Waals surface area contributed by atoms with Gasteiger partial charge in [0.05, 0.1) is 22.8 Å². The van der Waals surface area contributed by atoms with Gasteiger partial charge in [0, 0.05) is 11.5 Å². The number of aromatic nitrogens is 3. The summed E-state index contributed by atoms with van der Waals surface area (Å²) in [5.74, 6) is -0.411. The maximum absolute atomic E-state index is 12.6. The monoisotopic (exact) mass is 581 g/mol. The average molecular weight is 583 g/mol. The summed E-state index contributed by atoms with van der Waals surface area (Å²) >= 11 is 5.51. The molecular weight excluding hydrogens is 558 g/mol. The lowest BCUT2D eigenvalue weighted by Gasteiger charge is -2.14. The first-order chi connectivity index (χ1) is 16.6. The van der Waals surface area contributed by atoms with Crippen molar-refractivity contribution in [1.29, 1.82) is 0 Å². The van der Waals surface area contributed by atoms with Crippen LogP contribution in [-0.2, 0) is 16.6 Å². The van der Waals surface area contributed by atoms with Crippen LogP contribution >= 0.6 is 39.0 Å². The predicted molar refractivity (Wildman–Crippen MR) is 137 cm³/mol. The van der Waals surface area contributed by atoms with Crippen molar-refractivity contribution in [2.45, 2.75) is 32.0 Å². The van der Waals surface area contributed by atoms with Gasteiger partial charge in [-0.1, -0.05) is 27.7 Å². The molecule has 0 fully saturated rings. The molecule has 2 aromatic heterocycles. The Morgan fingerprint density at radius 2 is 1.94 bits per heavy atom. The standard InChI is InChI=1S/C22H24BrN5O5S2/c1-5-32-21(31)16-11(2)17(18(24)30)35-20(16)25-15(29)10-34-22-27-26-19(28(22)4)12(3)33-14-8-6-13(23)7-9-14/h6-9,12H,5,10H2,1-4H3,(H2,24,30)(H,25,29). The third-order valence-corrected chi connectivity index (χ3v) is 7.56. The second-order valence-corrected chi connectivity index (χ2v) is 10.2. The Morgan fingerprint density at radius 3 is 2.57 bits per heavy atom. The predicted octanol–water partition coefficient (Wildman–Crippen LogP) is 4.09. The molecule has 0 saturated carbocycles. The molecular formula is C22H24BrN5O5S2. The van der Waals surface area contributed by atoms with Gasteiger partial charge in [0.25, 0.3) is 5.91 Å². The Kier molecular flexibility index (Phi) is 8.92. The number of carbonyl (C=O) groups is 3. The van der Waals surface area contributed by atoms with Crippen molar-refractivity contribution in [3.05, 3.63) is 50.6 Å². The molecule has 13 heteroatoms. The lowest BCUT2D eigenvalue weighted by molar-refractivity contribution is -0.113. The quantitative estimate of drug-likeness (QED) is 0.269. The molecule has 1 aromatic carbocycles. The molecule has 10 nitrogen and oxygen atoms in total. The van der Waals surface area contributed by atoms with Crippen LogP contribution in [0, 0.1) is 6.92 Å². The van der Waals surface area contributed by atoms with Gasteiger partial charge in [-0.15, -0.1) is 21.5 Å². The number of anilines is 1. The van der Waals surface area contributed by atoms with E-state index < -0.39 is 11.9 Å². The number of benzene rings is 1. The molecule has 0 aliphatic carbocycles. The van der Waals surface area contributed by atoms with E-state index in [1.54, 1.807) is 25.5 Å². The van der Waals surface area contributed by atoms with Crippen molar-refractivity contribution >= 4 is 61.8 Å².